The van der Waals surface area contributed by atoms with Crippen LogP contribution in [0.5, 0.6) is 0 Å². The van der Waals surface area contributed by atoms with Crippen LogP contribution in [-0.4, -0.2) is 37.4 Å². The van der Waals surface area contributed by atoms with E-state index >= 15 is 0 Å². The van der Waals surface area contributed by atoms with E-state index in [1.165, 1.54) is 0 Å². The summed E-state index contributed by atoms with van der Waals surface area (Å²) in [6.45, 7) is 4.12. The van der Waals surface area contributed by atoms with Crippen LogP contribution in [0.1, 0.15) is 64.8 Å². The van der Waals surface area contributed by atoms with Gasteiger partial charge in [-0.15, -0.1) is 0 Å². The molecule has 1 aromatic heterocycles. The fourth-order valence-electron chi connectivity index (χ4n) is 4.22. The molecule has 0 spiro atoms. The first kappa shape index (κ1) is 21.7. The third kappa shape index (κ3) is 3.68. The van der Waals surface area contributed by atoms with E-state index in [1.807, 2.05) is 13.8 Å². The minimum absolute atomic E-state index is 0. The van der Waals surface area contributed by atoms with Crippen LogP contribution in [0.2, 0.25) is 0 Å². The highest BCUT2D eigenvalue weighted by Gasteiger charge is 2.40. The molecule has 0 saturated heterocycles. The Morgan fingerprint density at radius 1 is 1.25 bits per heavy atom. The van der Waals surface area contributed by atoms with Gasteiger partial charge in [0.05, 0.1) is 22.9 Å². The number of carbonyl (C=O) groups is 2. The van der Waals surface area contributed by atoms with Gasteiger partial charge < -0.3 is 10.3 Å². The summed E-state index contributed by atoms with van der Waals surface area (Å²) in [5, 5.41) is 17.6. The predicted molar refractivity (Wildman–Crippen MR) is 122 cm³/mol. The molecule has 2 aromatic carbocycles. The quantitative estimate of drug-likeness (QED) is 0.509. The number of primary sulfonamides is 1. The van der Waals surface area contributed by atoms with Crippen molar-refractivity contribution >= 4 is 32.6 Å². The molecule has 0 aliphatic heterocycles. The van der Waals surface area contributed by atoms with Crippen molar-refractivity contribution in [2.75, 3.05) is 12.3 Å². The Morgan fingerprint density at radius 3 is 2.69 bits per heavy atom. The number of hydrogen-bond acceptors (Lipinski definition) is 5. The van der Waals surface area contributed by atoms with E-state index in [9.17, 15) is 23.3 Å². The number of benzene rings is 2. The zero-order chi connectivity index (χ0) is 23.3. The molecule has 166 valence electrons. The Kier molecular flexibility index (Phi) is 5.15. The zero-order valence-corrected chi connectivity index (χ0v) is 18.5. The Labute approximate surface area is 187 Å². The molecule has 1 aliphatic rings. The smallest absolute Gasteiger partial charge is 0.251 e. The van der Waals surface area contributed by atoms with Crippen LogP contribution in [0.4, 0.5) is 0 Å². The summed E-state index contributed by atoms with van der Waals surface area (Å²) in [7, 11) is -3.57. The third-order valence-electron chi connectivity index (χ3n) is 5.87. The minimum atomic E-state index is -3.57. The number of carbonyl (C=O) groups excluding carboxylic acids is 2. The van der Waals surface area contributed by atoms with E-state index in [0.717, 1.165) is 22.2 Å². The van der Waals surface area contributed by atoms with Crippen LogP contribution in [-0.2, 0) is 15.4 Å². The summed E-state index contributed by atoms with van der Waals surface area (Å²) in [6, 6.07) is 12.3. The standard InChI is InChI=1S/C23H22N4O4S.H2/c1-23(2)17-11-14(22(29)26-8-3-9-32(25,30)31)5-7-15(17)20(28)19-16-6-4-13(12-24)10-18(16)27-21(19)23;/h4-7,10-11,27H,3,8-9H2,1-2H3,(H,26,29)(H2,25,30,31);1H. The molecule has 1 heterocycles. The van der Waals surface area contributed by atoms with Crippen LogP contribution in [0.3, 0.4) is 0 Å². The van der Waals surface area contributed by atoms with Crippen LogP contribution in [0.15, 0.2) is 36.4 Å². The molecule has 8 nitrogen and oxygen atoms in total. The molecule has 0 fully saturated rings. The monoisotopic (exact) mass is 452 g/mol. The second kappa shape index (κ2) is 7.58. The van der Waals surface area contributed by atoms with E-state index in [-0.39, 0.29) is 31.8 Å². The molecule has 3 aromatic rings. The lowest BCUT2D eigenvalue weighted by atomic mass is 9.71. The molecule has 0 saturated carbocycles. The van der Waals surface area contributed by atoms with Gasteiger partial charge in [0, 0.05) is 41.1 Å². The normalized spacial score (nSPS) is 14.5. The van der Waals surface area contributed by atoms with Crippen molar-refractivity contribution in [2.24, 2.45) is 5.14 Å². The average molecular weight is 453 g/mol. The topological polar surface area (TPSA) is 146 Å². The zero-order valence-electron chi connectivity index (χ0n) is 17.7. The number of nitrogens with zero attached hydrogens (tertiary/aromatic N) is 1. The van der Waals surface area contributed by atoms with Gasteiger partial charge in [-0.3, -0.25) is 9.59 Å². The molecular weight excluding hydrogens is 428 g/mol. The van der Waals surface area contributed by atoms with Crippen molar-refractivity contribution in [3.63, 3.8) is 0 Å². The van der Waals surface area contributed by atoms with Gasteiger partial charge in [0.2, 0.25) is 10.0 Å². The van der Waals surface area contributed by atoms with Gasteiger partial charge in [-0.2, -0.15) is 5.26 Å². The second-order valence-corrected chi connectivity index (χ2v) is 10.2. The number of amides is 1. The van der Waals surface area contributed by atoms with Crippen LogP contribution < -0.4 is 10.5 Å². The summed E-state index contributed by atoms with van der Waals surface area (Å²) >= 11 is 0. The highest BCUT2D eigenvalue weighted by Crippen LogP contribution is 2.43. The Morgan fingerprint density at radius 2 is 2.00 bits per heavy atom. The highest BCUT2D eigenvalue weighted by molar-refractivity contribution is 7.89. The second-order valence-electron chi connectivity index (χ2n) is 8.44. The molecule has 0 radical (unpaired) electrons. The van der Waals surface area contributed by atoms with Crippen molar-refractivity contribution in [3.05, 3.63) is 69.9 Å². The molecular formula is C23H24N4O4S. The van der Waals surface area contributed by atoms with Gasteiger partial charge in [-0.1, -0.05) is 19.9 Å². The maximum Gasteiger partial charge on any atom is 0.251 e. The van der Waals surface area contributed by atoms with Crippen molar-refractivity contribution in [2.45, 2.75) is 25.7 Å². The first-order chi connectivity index (χ1) is 15.0. The van der Waals surface area contributed by atoms with E-state index in [1.54, 1.807) is 36.4 Å². The van der Waals surface area contributed by atoms with Gasteiger partial charge in [0.1, 0.15) is 0 Å². The largest absolute Gasteiger partial charge is 0.357 e. The van der Waals surface area contributed by atoms with E-state index < -0.39 is 15.4 Å². The Balaban J connectivity index is 0.00000306. The lowest BCUT2D eigenvalue weighted by molar-refractivity contribution is 0.0951. The number of nitriles is 1. The maximum atomic E-state index is 13.4. The lowest BCUT2D eigenvalue weighted by Gasteiger charge is -2.32. The SMILES string of the molecule is CC1(C)c2cc(C(=O)NCCCS(N)(=O)=O)ccc2C(=O)c2c1[nH]c1cc(C#N)ccc21.[HH]. The minimum Gasteiger partial charge on any atom is -0.357 e. The molecule has 32 heavy (non-hydrogen) atoms. The summed E-state index contributed by atoms with van der Waals surface area (Å²) < 4.78 is 22.0. The number of aromatic amines is 1. The fraction of sp³-hybridized carbons (Fsp3) is 0.261. The Bertz CT molecular complexity index is 1430. The van der Waals surface area contributed by atoms with Crippen molar-refractivity contribution < 1.29 is 19.4 Å². The van der Waals surface area contributed by atoms with Gasteiger partial charge in [0.15, 0.2) is 5.78 Å². The molecule has 4 N–H and O–H groups in total. The summed E-state index contributed by atoms with van der Waals surface area (Å²) in [5.74, 6) is -0.702. The number of aromatic nitrogens is 1. The van der Waals surface area contributed by atoms with Gasteiger partial charge in [-0.05, 0) is 42.3 Å². The number of sulfonamides is 1. The van der Waals surface area contributed by atoms with E-state index in [0.29, 0.717) is 22.3 Å². The first-order valence-electron chi connectivity index (χ1n) is 10.1. The van der Waals surface area contributed by atoms with E-state index in [2.05, 4.69) is 16.4 Å². The summed E-state index contributed by atoms with van der Waals surface area (Å²) in [5.41, 5.74) is 3.59. The number of hydrogen-bond donors (Lipinski definition) is 3. The Hall–Kier alpha value is -3.48. The molecule has 1 aliphatic carbocycles. The average Bonchev–Trinajstić information content (AvgIpc) is 3.14. The number of H-pyrrole nitrogens is 1. The number of nitrogens with one attached hydrogen (secondary N) is 2. The van der Waals surface area contributed by atoms with Crippen molar-refractivity contribution in [3.8, 4) is 6.07 Å². The number of nitrogens with two attached hydrogens (primary N) is 1. The number of fused-ring (bicyclic) bond motifs is 4. The lowest BCUT2D eigenvalue weighted by Crippen LogP contribution is -2.32. The molecule has 0 atom stereocenters. The van der Waals surface area contributed by atoms with Gasteiger partial charge in [-0.25, -0.2) is 13.6 Å². The molecule has 1 amide bonds. The van der Waals surface area contributed by atoms with E-state index in [4.69, 9.17) is 5.14 Å². The van der Waals surface area contributed by atoms with Crippen LogP contribution in [0.25, 0.3) is 10.9 Å². The van der Waals surface area contributed by atoms with Crippen molar-refractivity contribution in [1.82, 2.24) is 10.3 Å². The summed E-state index contributed by atoms with van der Waals surface area (Å²) in [6.07, 6.45) is 0.211. The molecule has 9 heteroatoms. The van der Waals surface area contributed by atoms with Gasteiger partial charge >= 0.3 is 0 Å². The molecule has 4 rings (SSSR count). The van der Waals surface area contributed by atoms with Crippen LogP contribution in [0, 0.1) is 11.3 Å². The highest BCUT2D eigenvalue weighted by atomic mass is 32.2. The number of rotatable bonds is 5. The number of ketones is 1. The summed E-state index contributed by atoms with van der Waals surface area (Å²) in [4.78, 5) is 29.3. The maximum absolute atomic E-state index is 13.4. The third-order valence-corrected chi connectivity index (χ3v) is 6.73. The van der Waals surface area contributed by atoms with Gasteiger partial charge in [0.25, 0.3) is 5.91 Å². The molecule has 0 bridgehead atoms. The first-order valence-corrected chi connectivity index (χ1v) is 11.8. The molecule has 0 unspecified atom stereocenters. The van der Waals surface area contributed by atoms with Crippen molar-refractivity contribution in [1.29, 1.82) is 5.26 Å². The fourth-order valence-corrected chi connectivity index (χ4v) is 4.77. The van der Waals surface area contributed by atoms with Crippen LogP contribution >= 0.6 is 0 Å². The predicted octanol–water partition coefficient (Wildman–Crippen LogP) is 2.56.